The van der Waals surface area contributed by atoms with Crippen molar-refractivity contribution >= 4 is 23.0 Å². The van der Waals surface area contributed by atoms with E-state index in [1.807, 2.05) is 12.1 Å². The summed E-state index contributed by atoms with van der Waals surface area (Å²) < 4.78 is 93.8. The molecule has 392 valence electrons. The fourth-order valence-electron chi connectivity index (χ4n) is 8.07. The Hall–Kier alpha value is -7.81. The van der Waals surface area contributed by atoms with Gasteiger partial charge in [-0.15, -0.1) is 37.9 Å². The number of hydrogen-bond donors (Lipinski definition) is 1. The fourth-order valence-corrected chi connectivity index (χ4v) is 8.24. The fraction of sp³-hybridized carbons (Fsp3) is 0.259. The molecule has 0 spiro atoms. The van der Waals surface area contributed by atoms with Crippen molar-refractivity contribution in [3.05, 3.63) is 178 Å². The molecule has 75 heavy (non-hydrogen) atoms. The first-order chi connectivity index (χ1) is 35.9. The quantitative estimate of drug-likeness (QED) is 0.0975. The highest BCUT2D eigenvalue weighted by Gasteiger charge is 2.32. The van der Waals surface area contributed by atoms with Gasteiger partial charge in [0, 0.05) is 105 Å². The number of aromatic nitrogens is 4. The topological polar surface area (TPSA) is 138 Å². The molecular formula is C54H51ClF6N8O6. The van der Waals surface area contributed by atoms with Crippen LogP contribution < -0.4 is 30.4 Å². The lowest BCUT2D eigenvalue weighted by atomic mass is 10.1. The first-order valence-corrected chi connectivity index (χ1v) is 24.1. The number of benzene rings is 4. The van der Waals surface area contributed by atoms with Crippen LogP contribution in [0.3, 0.4) is 0 Å². The number of halogens is 7. The van der Waals surface area contributed by atoms with Crippen LogP contribution >= 0.6 is 11.6 Å². The van der Waals surface area contributed by atoms with Gasteiger partial charge in [-0.3, -0.25) is 9.59 Å². The number of nitrogens with zero attached hydrogens (tertiary/aromatic N) is 7. The molecule has 6 heterocycles. The van der Waals surface area contributed by atoms with Crippen LogP contribution in [0.4, 0.5) is 37.7 Å². The third kappa shape index (κ3) is 15.4. The second-order valence-corrected chi connectivity index (χ2v) is 17.9. The molecule has 1 N–H and O–H groups in total. The molecule has 0 radical (unpaired) electrons. The van der Waals surface area contributed by atoms with Crippen molar-refractivity contribution in [2.45, 2.75) is 25.1 Å². The minimum atomic E-state index is -4.75. The Balaban J connectivity index is 0.000000166. The highest BCUT2D eigenvalue weighted by Crippen LogP contribution is 2.30. The van der Waals surface area contributed by atoms with E-state index in [2.05, 4.69) is 94.5 Å². The Morgan fingerprint density at radius 3 is 1.49 bits per heavy atom. The van der Waals surface area contributed by atoms with Crippen LogP contribution in [0.15, 0.2) is 165 Å². The Morgan fingerprint density at radius 1 is 0.573 bits per heavy atom. The van der Waals surface area contributed by atoms with E-state index in [1.54, 1.807) is 22.9 Å². The number of H-pyrrole nitrogens is 1. The minimum Gasteiger partial charge on any atom is -0.444 e. The summed E-state index contributed by atoms with van der Waals surface area (Å²) in [5, 5.41) is 0. The van der Waals surface area contributed by atoms with E-state index in [9.17, 15) is 35.9 Å². The van der Waals surface area contributed by atoms with Crippen molar-refractivity contribution in [2.24, 2.45) is 0 Å². The number of anilines is 2. The first-order valence-electron chi connectivity index (χ1n) is 23.6. The lowest BCUT2D eigenvalue weighted by Gasteiger charge is -2.34. The van der Waals surface area contributed by atoms with Crippen LogP contribution in [0.2, 0.25) is 0 Å². The number of oxazole rings is 2. The minimum absolute atomic E-state index is 0.152. The van der Waals surface area contributed by atoms with Crippen LogP contribution in [0.25, 0.3) is 45.4 Å². The number of likely N-dealkylation sites (N-methyl/N-ethyl adjacent to an activating group) is 2. The van der Waals surface area contributed by atoms with Gasteiger partial charge < -0.3 is 47.5 Å². The molecule has 2 aliphatic heterocycles. The zero-order valence-electron chi connectivity index (χ0n) is 40.7. The lowest BCUT2D eigenvalue weighted by molar-refractivity contribution is -0.275. The molecular weight excluding hydrogens is 1010 g/mol. The van der Waals surface area contributed by atoms with Gasteiger partial charge in [-0.25, -0.2) is 9.97 Å². The number of rotatable bonds is 11. The molecule has 0 aliphatic carbocycles. The molecule has 0 amide bonds. The molecule has 0 bridgehead atoms. The summed E-state index contributed by atoms with van der Waals surface area (Å²) in [6.45, 7) is 8.84. The van der Waals surface area contributed by atoms with Crippen molar-refractivity contribution in [1.29, 1.82) is 0 Å². The molecule has 0 atom stereocenters. The largest absolute Gasteiger partial charge is 0.573 e. The molecule has 8 aromatic rings. The number of alkyl halides is 7. The van der Waals surface area contributed by atoms with Gasteiger partial charge >= 0.3 is 12.7 Å². The van der Waals surface area contributed by atoms with Gasteiger partial charge in [-0.1, -0.05) is 24.3 Å². The normalized spacial score (nSPS) is 14.4. The summed E-state index contributed by atoms with van der Waals surface area (Å²) in [5.74, 6) is 0.549. The van der Waals surface area contributed by atoms with E-state index in [0.717, 1.165) is 63.6 Å². The predicted octanol–water partition coefficient (Wildman–Crippen LogP) is 10.6. The molecule has 2 aliphatic rings. The monoisotopic (exact) mass is 1060 g/mol. The molecule has 0 unspecified atom stereocenters. The average molecular weight is 1060 g/mol. The summed E-state index contributed by atoms with van der Waals surface area (Å²) in [6, 6.07) is 33.3. The summed E-state index contributed by atoms with van der Waals surface area (Å²) in [4.78, 5) is 44.2. The maximum atomic E-state index is 12.6. The highest BCUT2D eigenvalue weighted by molar-refractivity contribution is 6.17. The second kappa shape index (κ2) is 24.0. The van der Waals surface area contributed by atoms with E-state index < -0.39 is 12.7 Å². The molecule has 4 aromatic heterocycles. The zero-order valence-corrected chi connectivity index (χ0v) is 41.4. The number of ether oxygens (including phenoxy) is 2. The van der Waals surface area contributed by atoms with Crippen molar-refractivity contribution in [3.63, 3.8) is 0 Å². The van der Waals surface area contributed by atoms with Gasteiger partial charge in [0.25, 0.3) is 5.56 Å². The first kappa shape index (κ1) is 53.5. The third-order valence-corrected chi connectivity index (χ3v) is 12.4. The van der Waals surface area contributed by atoms with Crippen molar-refractivity contribution in [3.8, 4) is 56.9 Å². The van der Waals surface area contributed by atoms with Crippen molar-refractivity contribution in [1.82, 2.24) is 29.3 Å². The van der Waals surface area contributed by atoms with Crippen molar-refractivity contribution < 1.29 is 44.7 Å². The van der Waals surface area contributed by atoms with Gasteiger partial charge in [-0.05, 0) is 110 Å². The van der Waals surface area contributed by atoms with Crippen LogP contribution in [0.5, 0.6) is 11.5 Å². The van der Waals surface area contributed by atoms with Crippen LogP contribution in [0.1, 0.15) is 11.1 Å². The molecule has 4 aromatic carbocycles. The van der Waals surface area contributed by atoms with E-state index in [1.165, 1.54) is 90.6 Å². The van der Waals surface area contributed by atoms with Gasteiger partial charge in [0.2, 0.25) is 17.3 Å². The van der Waals surface area contributed by atoms with Gasteiger partial charge in [-0.2, -0.15) is 0 Å². The van der Waals surface area contributed by atoms with Crippen molar-refractivity contribution in [2.75, 3.05) is 76.3 Å². The second-order valence-electron chi connectivity index (χ2n) is 17.6. The Morgan fingerprint density at radius 2 is 1.03 bits per heavy atom. The number of hydrogen-bond acceptors (Lipinski definition) is 12. The summed E-state index contributed by atoms with van der Waals surface area (Å²) in [6.07, 6.45) is -3.53. The standard InChI is InChI=1S/C27H25F3N4O3.C15H9F3N2O3.C12H17ClN2/c1-32-11-13-33(14-12-32)22-4-2-3-19(15-22)16-34-17-21(7-10-25(34)35)26-31-24(18-36-26)20-5-8-23(9-6-20)37-27(28,29)30;16-15(17,18)23-11-4-1-9(2-5-11)12-8-22-14(20-12)10-3-6-13(21)19-7-10;1-14-5-7-15(8-6-14)12-4-2-3-11(9-12)10-13/h2-10,15,17-18H,11-14,16H2,1H3;1-8H,(H,19,21);2-4,9H,5-8,10H2,1H3. The van der Waals surface area contributed by atoms with E-state index in [4.69, 9.17) is 20.4 Å². The smallest absolute Gasteiger partial charge is 0.444 e. The molecule has 0 saturated carbocycles. The predicted molar refractivity (Wildman–Crippen MR) is 274 cm³/mol. The molecule has 14 nitrogen and oxygen atoms in total. The van der Waals surface area contributed by atoms with Crippen LogP contribution in [0, 0.1) is 0 Å². The Bertz CT molecular complexity index is 3220. The van der Waals surface area contributed by atoms with Gasteiger partial charge in [0.1, 0.15) is 35.4 Å². The SMILES string of the molecule is CN1CCN(c2cccc(CCl)c2)CC1.CN1CCN(c2cccc(Cn3cc(-c4nc(-c5ccc(OC(F)(F)F)cc5)co4)ccc3=O)c2)CC1.O=c1ccc(-c2nc(-c3ccc(OC(F)(F)F)cc3)co2)c[nH]1. The molecule has 2 fully saturated rings. The maximum absolute atomic E-state index is 12.6. The maximum Gasteiger partial charge on any atom is 0.573 e. The Kier molecular flexibility index (Phi) is 17.1. The summed E-state index contributed by atoms with van der Waals surface area (Å²) in [7, 11) is 4.29. The van der Waals surface area contributed by atoms with E-state index >= 15 is 0 Å². The van der Waals surface area contributed by atoms with E-state index in [0.29, 0.717) is 52.0 Å². The number of piperazine rings is 2. The molecule has 10 rings (SSSR count). The number of pyridine rings is 2. The zero-order chi connectivity index (χ0) is 53.1. The number of nitrogens with one attached hydrogen (secondary N) is 1. The molecule has 21 heteroatoms. The van der Waals surface area contributed by atoms with Crippen LogP contribution in [-0.2, 0) is 12.4 Å². The average Bonchev–Trinajstić information content (AvgIpc) is 4.10. The molecule has 2 saturated heterocycles. The van der Waals surface area contributed by atoms with E-state index in [-0.39, 0.29) is 28.5 Å². The third-order valence-electron chi connectivity index (χ3n) is 12.1. The summed E-state index contributed by atoms with van der Waals surface area (Å²) >= 11 is 5.83. The lowest BCUT2D eigenvalue weighted by Crippen LogP contribution is -2.44. The Labute approximate surface area is 432 Å². The van der Waals surface area contributed by atoms with Crippen LogP contribution in [-0.4, -0.2) is 108 Å². The van der Waals surface area contributed by atoms with Gasteiger partial charge in [0.15, 0.2) is 0 Å². The highest BCUT2D eigenvalue weighted by atomic mass is 35.5. The van der Waals surface area contributed by atoms with Gasteiger partial charge in [0.05, 0.1) is 17.7 Å². The number of aromatic amines is 1. The summed E-state index contributed by atoms with van der Waals surface area (Å²) in [5.41, 5.74) is 7.47.